The molecule has 0 fully saturated rings. The van der Waals surface area contributed by atoms with Crippen LogP contribution in [-0.2, 0) is 12.8 Å². The Morgan fingerprint density at radius 2 is 2.19 bits per heavy atom. The van der Waals surface area contributed by atoms with Crippen LogP contribution in [-0.4, -0.2) is 15.9 Å². The number of nitro benzene ring substituents is 1. The van der Waals surface area contributed by atoms with Crippen molar-refractivity contribution in [2.75, 3.05) is 5.32 Å². The van der Waals surface area contributed by atoms with Crippen molar-refractivity contribution in [1.82, 2.24) is 5.32 Å². The summed E-state index contributed by atoms with van der Waals surface area (Å²) >= 11 is 6.65. The highest BCUT2D eigenvalue weighted by molar-refractivity contribution is 7.80. The Morgan fingerprint density at radius 1 is 1.44 bits per heavy atom. The summed E-state index contributed by atoms with van der Waals surface area (Å²) in [6.07, 6.45) is 2.81. The average molecular weight is 400 g/mol. The van der Waals surface area contributed by atoms with Gasteiger partial charge in [-0.2, -0.15) is 5.26 Å². The first kappa shape index (κ1) is 18.9. The largest absolute Gasteiger partial charge is 0.323 e. The molecule has 1 amide bonds. The fourth-order valence-electron chi connectivity index (χ4n) is 3.09. The lowest BCUT2D eigenvalue weighted by molar-refractivity contribution is -0.385. The molecule has 0 aliphatic heterocycles. The van der Waals surface area contributed by atoms with E-state index in [4.69, 9.17) is 12.2 Å². The van der Waals surface area contributed by atoms with Crippen LogP contribution in [0.25, 0.3) is 0 Å². The number of para-hydroxylation sites is 1. The SMILES string of the molecule is C[C@@H]1CCc2c(sc(NC(=S)NC(=O)c3ccccc3[N+](=O)[O-])c2C#N)C1. The minimum atomic E-state index is -0.673. The first-order valence-corrected chi connectivity index (χ1v) is 9.53. The zero-order chi connectivity index (χ0) is 19.6. The Morgan fingerprint density at radius 3 is 2.89 bits per heavy atom. The standard InChI is InChI=1S/C18H16N4O3S2/c1-10-6-7-11-13(9-19)17(27-15(11)8-10)21-18(26)20-16(23)12-4-2-3-5-14(12)22(24)25/h2-5,10H,6-8H2,1H3,(H2,20,21,23,26)/t10-/m1/s1. The summed E-state index contributed by atoms with van der Waals surface area (Å²) in [4.78, 5) is 24.0. The molecule has 2 aromatic rings. The Labute approximate surface area is 165 Å². The van der Waals surface area contributed by atoms with Crippen LogP contribution in [0.3, 0.4) is 0 Å². The maximum Gasteiger partial charge on any atom is 0.282 e. The van der Waals surface area contributed by atoms with Crippen LogP contribution >= 0.6 is 23.6 Å². The number of thiocarbonyl (C=S) groups is 1. The van der Waals surface area contributed by atoms with Gasteiger partial charge >= 0.3 is 0 Å². The van der Waals surface area contributed by atoms with Gasteiger partial charge < -0.3 is 5.32 Å². The number of carbonyl (C=O) groups excluding carboxylic acids is 1. The van der Waals surface area contributed by atoms with E-state index in [1.54, 1.807) is 6.07 Å². The zero-order valence-electron chi connectivity index (χ0n) is 14.4. The first-order chi connectivity index (χ1) is 12.9. The van der Waals surface area contributed by atoms with E-state index in [-0.39, 0.29) is 16.4 Å². The van der Waals surface area contributed by atoms with Gasteiger partial charge in [-0.1, -0.05) is 19.1 Å². The molecule has 1 aliphatic rings. The third-order valence-corrected chi connectivity index (χ3v) is 5.80. The van der Waals surface area contributed by atoms with Gasteiger partial charge in [0.15, 0.2) is 5.11 Å². The van der Waals surface area contributed by atoms with Crippen molar-refractivity contribution >= 4 is 45.3 Å². The van der Waals surface area contributed by atoms with E-state index in [2.05, 4.69) is 23.6 Å². The number of nitrogens with zero attached hydrogens (tertiary/aromatic N) is 2. The van der Waals surface area contributed by atoms with Crippen LogP contribution in [0.2, 0.25) is 0 Å². The van der Waals surface area contributed by atoms with Crippen molar-refractivity contribution in [3.8, 4) is 6.07 Å². The fraction of sp³-hybridized carbons (Fsp3) is 0.278. The highest BCUT2D eigenvalue weighted by Crippen LogP contribution is 2.39. The lowest BCUT2D eigenvalue weighted by Gasteiger charge is -2.17. The summed E-state index contributed by atoms with van der Waals surface area (Å²) in [5.74, 6) is -0.103. The van der Waals surface area contributed by atoms with Gasteiger partial charge in [0.2, 0.25) is 0 Å². The monoisotopic (exact) mass is 400 g/mol. The topological polar surface area (TPSA) is 108 Å². The summed E-state index contributed by atoms with van der Waals surface area (Å²) < 4.78 is 0. The Hall–Kier alpha value is -2.83. The molecule has 1 aromatic heterocycles. The molecule has 0 spiro atoms. The van der Waals surface area contributed by atoms with Crippen molar-refractivity contribution in [1.29, 1.82) is 5.26 Å². The molecule has 0 radical (unpaired) electrons. The number of amides is 1. The molecule has 1 aromatic carbocycles. The van der Waals surface area contributed by atoms with Crippen LogP contribution in [0, 0.1) is 27.4 Å². The van der Waals surface area contributed by atoms with E-state index in [0.717, 1.165) is 24.8 Å². The quantitative estimate of drug-likeness (QED) is 0.461. The maximum absolute atomic E-state index is 12.4. The molecule has 0 saturated carbocycles. The summed E-state index contributed by atoms with van der Waals surface area (Å²) in [5, 5.41) is 26.5. The molecule has 1 aliphatic carbocycles. The van der Waals surface area contributed by atoms with Crippen molar-refractivity contribution < 1.29 is 9.72 Å². The second kappa shape index (κ2) is 7.82. The number of nitrogens with one attached hydrogen (secondary N) is 2. The first-order valence-electron chi connectivity index (χ1n) is 8.31. The minimum Gasteiger partial charge on any atom is -0.323 e. The smallest absolute Gasteiger partial charge is 0.282 e. The number of hydrogen-bond donors (Lipinski definition) is 2. The number of nitriles is 1. The van der Waals surface area contributed by atoms with Crippen LogP contribution in [0.4, 0.5) is 10.7 Å². The fourth-order valence-corrected chi connectivity index (χ4v) is 4.71. The van der Waals surface area contributed by atoms with Crippen LogP contribution < -0.4 is 10.6 Å². The van der Waals surface area contributed by atoms with Gasteiger partial charge in [-0.15, -0.1) is 11.3 Å². The molecular formula is C18H16N4O3S2. The highest BCUT2D eigenvalue weighted by Gasteiger charge is 2.25. The van der Waals surface area contributed by atoms with Crippen LogP contribution in [0.1, 0.15) is 39.7 Å². The molecule has 27 heavy (non-hydrogen) atoms. The van der Waals surface area contributed by atoms with E-state index in [1.807, 2.05) is 0 Å². The minimum absolute atomic E-state index is 0.00120. The number of anilines is 1. The second-order valence-corrected chi connectivity index (χ2v) is 7.86. The summed E-state index contributed by atoms with van der Waals surface area (Å²) in [6, 6.07) is 7.87. The van der Waals surface area contributed by atoms with Crippen molar-refractivity contribution in [3.05, 3.63) is 55.9 Å². The third kappa shape index (κ3) is 3.97. The average Bonchev–Trinajstić information content (AvgIpc) is 2.97. The molecule has 3 rings (SSSR count). The van der Waals surface area contributed by atoms with E-state index in [9.17, 15) is 20.2 Å². The van der Waals surface area contributed by atoms with Crippen LogP contribution in [0.5, 0.6) is 0 Å². The van der Waals surface area contributed by atoms with Gasteiger partial charge in [-0.05, 0) is 49.0 Å². The predicted octanol–water partition coefficient (Wildman–Crippen LogP) is 3.78. The molecule has 1 heterocycles. The van der Waals surface area contributed by atoms with Gasteiger partial charge in [0.1, 0.15) is 16.6 Å². The van der Waals surface area contributed by atoms with Gasteiger partial charge in [-0.25, -0.2) is 0 Å². The van der Waals surface area contributed by atoms with E-state index < -0.39 is 10.8 Å². The molecule has 0 bridgehead atoms. The van der Waals surface area contributed by atoms with Crippen molar-refractivity contribution in [3.63, 3.8) is 0 Å². The van der Waals surface area contributed by atoms with Crippen molar-refractivity contribution in [2.45, 2.75) is 26.2 Å². The summed E-state index contributed by atoms with van der Waals surface area (Å²) in [5.41, 5.74) is 1.24. The summed E-state index contributed by atoms with van der Waals surface area (Å²) in [7, 11) is 0. The molecule has 1 atom stereocenters. The zero-order valence-corrected chi connectivity index (χ0v) is 16.1. The second-order valence-electron chi connectivity index (χ2n) is 6.35. The van der Waals surface area contributed by atoms with E-state index in [1.165, 1.54) is 34.4 Å². The third-order valence-electron chi connectivity index (χ3n) is 4.42. The number of carbonyl (C=O) groups is 1. The van der Waals surface area contributed by atoms with Crippen LogP contribution in [0.15, 0.2) is 24.3 Å². The Kier molecular flexibility index (Phi) is 5.48. The van der Waals surface area contributed by atoms with E-state index in [0.29, 0.717) is 16.5 Å². The molecule has 138 valence electrons. The van der Waals surface area contributed by atoms with E-state index >= 15 is 0 Å². The van der Waals surface area contributed by atoms with Gasteiger partial charge in [-0.3, -0.25) is 20.2 Å². The number of benzene rings is 1. The number of hydrogen-bond acceptors (Lipinski definition) is 6. The molecule has 9 heteroatoms. The normalized spacial score (nSPS) is 15.3. The molecule has 2 N–H and O–H groups in total. The van der Waals surface area contributed by atoms with Gasteiger partial charge in [0.05, 0.1) is 10.5 Å². The Balaban J connectivity index is 1.77. The predicted molar refractivity (Wildman–Crippen MR) is 107 cm³/mol. The Bertz CT molecular complexity index is 977. The number of nitro groups is 1. The van der Waals surface area contributed by atoms with Gasteiger partial charge in [0.25, 0.3) is 11.6 Å². The lowest BCUT2D eigenvalue weighted by Crippen LogP contribution is -2.34. The number of fused-ring (bicyclic) bond motifs is 1. The summed E-state index contributed by atoms with van der Waals surface area (Å²) in [6.45, 7) is 2.18. The van der Waals surface area contributed by atoms with Gasteiger partial charge in [0, 0.05) is 10.9 Å². The molecule has 7 nitrogen and oxygen atoms in total. The molecular weight excluding hydrogens is 384 g/mol. The maximum atomic E-state index is 12.4. The highest BCUT2D eigenvalue weighted by atomic mass is 32.1. The number of rotatable bonds is 3. The molecule has 0 unspecified atom stereocenters. The lowest BCUT2D eigenvalue weighted by atomic mass is 9.89. The number of thiophene rings is 1. The van der Waals surface area contributed by atoms with Crippen molar-refractivity contribution in [2.24, 2.45) is 5.92 Å². The molecule has 0 saturated heterocycles.